The number of methoxy groups -OCH3 is 1. The maximum atomic E-state index is 13.2. The topological polar surface area (TPSA) is 91.9 Å². The number of ether oxygens (including phenoxy) is 2. The van der Waals surface area contributed by atoms with Crippen LogP contribution < -0.4 is 16.0 Å². The predicted molar refractivity (Wildman–Crippen MR) is 140 cm³/mol. The molecule has 2 rings (SSSR count). The number of carbonyl (C=O) groups is 2. The Kier molecular flexibility index (Phi) is 12.1. The van der Waals surface area contributed by atoms with E-state index in [1.807, 2.05) is 36.2 Å². The summed E-state index contributed by atoms with van der Waals surface area (Å²) in [5, 5.41) is 9.73. The number of likely N-dealkylation sites (N-methyl/N-ethyl adjacent to an activating group) is 1. The number of hydrogen-bond acceptors (Lipinski definition) is 5. The zero-order valence-corrected chi connectivity index (χ0v) is 22.6. The average molecular weight is 511 g/mol. The third-order valence-corrected chi connectivity index (χ3v) is 6.46. The summed E-state index contributed by atoms with van der Waals surface area (Å²) in [4.78, 5) is 26.5. The van der Waals surface area contributed by atoms with Crippen LogP contribution in [0.1, 0.15) is 58.1 Å². The van der Waals surface area contributed by atoms with Crippen LogP contribution in [0.4, 0.5) is 9.59 Å². The van der Waals surface area contributed by atoms with Crippen LogP contribution in [0.3, 0.4) is 0 Å². The van der Waals surface area contributed by atoms with Crippen LogP contribution in [0.5, 0.6) is 0 Å². The van der Waals surface area contributed by atoms with E-state index in [2.05, 4.69) is 41.5 Å². The molecule has 1 aliphatic rings. The van der Waals surface area contributed by atoms with E-state index in [4.69, 9.17) is 16.3 Å². The first-order valence-electron chi connectivity index (χ1n) is 12.5. The molecule has 0 saturated carbocycles. The molecule has 0 bridgehead atoms. The van der Waals surface area contributed by atoms with Gasteiger partial charge in [-0.25, -0.2) is 9.59 Å². The number of benzene rings is 1. The number of likely N-dealkylation sites (tertiary alicyclic amines) is 1. The van der Waals surface area contributed by atoms with Crippen LogP contribution in [-0.2, 0) is 9.47 Å². The van der Waals surface area contributed by atoms with Gasteiger partial charge in [-0.2, -0.15) is 0 Å². The summed E-state index contributed by atoms with van der Waals surface area (Å²) in [5.74, 6) is 0.114. The molecule has 0 radical (unpaired) electrons. The van der Waals surface area contributed by atoms with Gasteiger partial charge in [0.15, 0.2) is 0 Å². The van der Waals surface area contributed by atoms with Crippen LogP contribution in [0.25, 0.3) is 0 Å². The number of amides is 3. The van der Waals surface area contributed by atoms with E-state index in [0.717, 1.165) is 44.3 Å². The van der Waals surface area contributed by atoms with Crippen LogP contribution >= 0.6 is 11.6 Å². The number of nitrogens with one attached hydrogen (secondary N) is 3. The second kappa shape index (κ2) is 14.5. The van der Waals surface area contributed by atoms with Gasteiger partial charge in [-0.3, -0.25) is 0 Å². The van der Waals surface area contributed by atoms with Gasteiger partial charge in [-0.1, -0.05) is 44.5 Å². The molecule has 1 heterocycles. The normalized spacial score (nSPS) is 18.0. The smallest absolute Gasteiger partial charge is 0.406 e. The summed E-state index contributed by atoms with van der Waals surface area (Å²) in [5.41, 5.74) is 1.19. The molecule has 3 N–H and O–H groups in total. The fourth-order valence-corrected chi connectivity index (χ4v) is 4.58. The summed E-state index contributed by atoms with van der Waals surface area (Å²) in [7, 11) is 3.24. The monoisotopic (exact) mass is 510 g/mol. The molecular formula is C26H43ClN4O4. The molecule has 2 unspecified atom stereocenters. The van der Waals surface area contributed by atoms with Gasteiger partial charge in [-0.05, 0) is 55.8 Å². The van der Waals surface area contributed by atoms with E-state index < -0.39 is 6.09 Å². The molecule has 1 aliphatic heterocycles. The van der Waals surface area contributed by atoms with E-state index in [-0.39, 0.29) is 29.5 Å². The standard InChI is InChI=1S/C26H43ClN4O4/c1-26(2,3)12-11-22(17-28-4)30-24(32)31-14-7-9-20(18-31)23(19-8-6-10-21(27)16-19)35-15-13-29-25(33)34-5/h6,8,10,16,20,22-23,28H,7,9,11-15,17-18H2,1-5H3,(H,29,33)(H,30,32)/t20-,22?,23?/m1/s1. The Morgan fingerprint density at radius 1 is 1.29 bits per heavy atom. The number of halogens is 1. The van der Waals surface area contributed by atoms with Crippen LogP contribution in [-0.4, -0.2) is 70.0 Å². The largest absolute Gasteiger partial charge is 0.453 e. The second-order valence-electron chi connectivity index (χ2n) is 10.4. The van der Waals surface area contributed by atoms with Gasteiger partial charge < -0.3 is 30.3 Å². The minimum Gasteiger partial charge on any atom is -0.453 e. The Morgan fingerprint density at radius 3 is 2.71 bits per heavy atom. The molecule has 3 atom stereocenters. The van der Waals surface area contributed by atoms with Crippen molar-refractivity contribution in [2.75, 3.05) is 46.9 Å². The Bertz CT molecular complexity index is 802. The maximum absolute atomic E-state index is 13.2. The van der Waals surface area contributed by atoms with Gasteiger partial charge in [0.25, 0.3) is 0 Å². The molecule has 0 aliphatic carbocycles. The van der Waals surface area contributed by atoms with Crippen molar-refractivity contribution in [1.82, 2.24) is 20.9 Å². The summed E-state index contributed by atoms with van der Waals surface area (Å²) in [6.45, 7) is 9.37. The number of nitrogens with zero attached hydrogens (tertiary/aromatic N) is 1. The van der Waals surface area contributed by atoms with E-state index in [1.54, 1.807) is 0 Å². The fraction of sp³-hybridized carbons (Fsp3) is 0.692. The van der Waals surface area contributed by atoms with Crippen molar-refractivity contribution in [3.8, 4) is 0 Å². The molecule has 8 nitrogen and oxygen atoms in total. The average Bonchev–Trinajstić information content (AvgIpc) is 2.82. The number of alkyl carbamates (subject to hydrolysis) is 1. The van der Waals surface area contributed by atoms with Crippen LogP contribution in [0.2, 0.25) is 5.02 Å². The number of rotatable bonds is 11. The van der Waals surface area contributed by atoms with Crippen molar-refractivity contribution in [2.24, 2.45) is 11.3 Å². The van der Waals surface area contributed by atoms with Crippen molar-refractivity contribution < 1.29 is 19.1 Å². The number of urea groups is 1. The first kappa shape index (κ1) is 29.2. The Morgan fingerprint density at radius 2 is 2.06 bits per heavy atom. The van der Waals surface area contributed by atoms with Crippen LogP contribution in [0, 0.1) is 11.3 Å². The van der Waals surface area contributed by atoms with Crippen molar-refractivity contribution in [2.45, 2.75) is 58.6 Å². The molecule has 3 amide bonds. The number of hydrogen-bond donors (Lipinski definition) is 3. The molecule has 9 heteroatoms. The highest BCUT2D eigenvalue weighted by Gasteiger charge is 2.32. The van der Waals surface area contributed by atoms with Crippen molar-refractivity contribution in [3.05, 3.63) is 34.9 Å². The summed E-state index contributed by atoms with van der Waals surface area (Å²) < 4.78 is 10.9. The minimum atomic E-state index is -0.490. The van der Waals surface area contributed by atoms with Crippen molar-refractivity contribution in [3.63, 3.8) is 0 Å². The maximum Gasteiger partial charge on any atom is 0.406 e. The van der Waals surface area contributed by atoms with Gasteiger partial charge in [-0.15, -0.1) is 0 Å². The highest BCUT2D eigenvalue weighted by Crippen LogP contribution is 2.34. The van der Waals surface area contributed by atoms with Gasteiger partial charge in [0.1, 0.15) is 0 Å². The summed E-state index contributed by atoms with van der Waals surface area (Å²) in [6.07, 6.45) is 3.07. The third kappa shape index (κ3) is 10.6. The van der Waals surface area contributed by atoms with E-state index in [1.165, 1.54) is 7.11 Å². The van der Waals surface area contributed by atoms with E-state index in [0.29, 0.717) is 24.7 Å². The molecular weight excluding hydrogens is 468 g/mol. The fourth-order valence-electron chi connectivity index (χ4n) is 4.39. The molecule has 1 fully saturated rings. The number of piperidine rings is 1. The molecule has 1 saturated heterocycles. The van der Waals surface area contributed by atoms with Crippen molar-refractivity contribution in [1.29, 1.82) is 0 Å². The highest BCUT2D eigenvalue weighted by molar-refractivity contribution is 6.30. The highest BCUT2D eigenvalue weighted by atomic mass is 35.5. The van der Waals surface area contributed by atoms with Gasteiger partial charge in [0.05, 0.1) is 19.8 Å². The second-order valence-corrected chi connectivity index (χ2v) is 10.9. The van der Waals surface area contributed by atoms with Crippen LogP contribution in [0.15, 0.2) is 24.3 Å². The molecule has 35 heavy (non-hydrogen) atoms. The lowest BCUT2D eigenvalue weighted by molar-refractivity contribution is -0.00863. The lowest BCUT2D eigenvalue weighted by Gasteiger charge is -2.38. The first-order chi connectivity index (χ1) is 16.6. The molecule has 1 aromatic rings. The van der Waals surface area contributed by atoms with E-state index in [9.17, 15) is 9.59 Å². The first-order valence-corrected chi connectivity index (χ1v) is 12.9. The SMILES string of the molecule is CNCC(CCC(C)(C)C)NC(=O)N1CCC[C@@H](C(OCCNC(=O)OC)c2cccc(Cl)c2)C1. The zero-order chi connectivity index (χ0) is 25.8. The van der Waals surface area contributed by atoms with Gasteiger partial charge >= 0.3 is 12.1 Å². The minimum absolute atomic E-state index is 0.0268. The van der Waals surface area contributed by atoms with Gasteiger partial charge in [0, 0.05) is 43.2 Å². The Labute approximate surface area is 215 Å². The summed E-state index contributed by atoms with van der Waals surface area (Å²) >= 11 is 6.27. The van der Waals surface area contributed by atoms with Crippen molar-refractivity contribution >= 4 is 23.7 Å². The zero-order valence-electron chi connectivity index (χ0n) is 21.9. The Hall–Kier alpha value is -2.03. The summed E-state index contributed by atoms with van der Waals surface area (Å²) in [6, 6.07) is 7.71. The lowest BCUT2D eigenvalue weighted by atomic mass is 9.88. The van der Waals surface area contributed by atoms with Gasteiger partial charge in [0.2, 0.25) is 0 Å². The quantitative estimate of drug-likeness (QED) is 0.379. The predicted octanol–water partition coefficient (Wildman–Crippen LogP) is 4.59. The molecule has 1 aromatic carbocycles. The molecule has 0 spiro atoms. The van der Waals surface area contributed by atoms with E-state index >= 15 is 0 Å². The molecule has 198 valence electrons. The number of carbonyl (C=O) groups excluding carboxylic acids is 2. The Balaban J connectivity index is 2.05. The lowest BCUT2D eigenvalue weighted by Crippen LogP contribution is -2.51. The molecule has 0 aromatic heterocycles. The third-order valence-electron chi connectivity index (χ3n) is 6.23.